The van der Waals surface area contributed by atoms with Crippen LogP contribution in [0.4, 0.5) is 17.6 Å². The van der Waals surface area contributed by atoms with Crippen LogP contribution in [0.3, 0.4) is 0 Å². The summed E-state index contributed by atoms with van der Waals surface area (Å²) < 4.78 is 57.7. The topological polar surface area (TPSA) is 43.8 Å². The number of halogens is 5. The van der Waals surface area contributed by atoms with Gasteiger partial charge < -0.3 is 10.0 Å². The molecular formula is C28H35ClF4N2O2. The van der Waals surface area contributed by atoms with E-state index in [1.54, 1.807) is 18.7 Å². The molecule has 1 N–H and O–H groups in total. The molecule has 1 unspecified atom stereocenters. The molecular weight excluding hydrogens is 508 g/mol. The number of benzene rings is 2. The molecule has 0 radical (unpaired) electrons. The van der Waals surface area contributed by atoms with Crippen LogP contribution in [0.1, 0.15) is 51.7 Å². The maximum Gasteiger partial charge on any atom is 0.227 e. The van der Waals surface area contributed by atoms with Gasteiger partial charge in [-0.2, -0.15) is 0 Å². The van der Waals surface area contributed by atoms with E-state index in [9.17, 15) is 27.5 Å². The molecule has 2 aromatic rings. The van der Waals surface area contributed by atoms with E-state index in [0.717, 1.165) is 18.2 Å². The summed E-state index contributed by atoms with van der Waals surface area (Å²) in [5.41, 5.74) is -2.14. The zero-order valence-electron chi connectivity index (χ0n) is 21.8. The Morgan fingerprint density at radius 3 is 2.00 bits per heavy atom. The molecule has 4 rings (SSSR count). The van der Waals surface area contributed by atoms with E-state index in [4.69, 9.17) is 0 Å². The average molecular weight is 543 g/mol. The molecule has 2 heterocycles. The van der Waals surface area contributed by atoms with Crippen molar-refractivity contribution in [2.24, 2.45) is 17.8 Å². The van der Waals surface area contributed by atoms with Crippen molar-refractivity contribution < 1.29 is 27.5 Å². The lowest BCUT2D eigenvalue weighted by Gasteiger charge is -2.48. The number of nitrogens with zero attached hydrogens (tertiary/aromatic N) is 2. The van der Waals surface area contributed by atoms with E-state index in [0.29, 0.717) is 18.7 Å². The second-order valence-corrected chi connectivity index (χ2v) is 11.4. The number of carbonyl (C=O) groups excluding carboxylic acids is 1. The number of likely N-dealkylation sites (tertiary alicyclic amines) is 2. The minimum atomic E-state index is -1.79. The van der Waals surface area contributed by atoms with Crippen molar-refractivity contribution in [1.29, 1.82) is 0 Å². The third-order valence-electron chi connectivity index (χ3n) is 8.11. The first-order chi connectivity index (χ1) is 16.7. The van der Waals surface area contributed by atoms with Gasteiger partial charge in [-0.1, -0.05) is 26.0 Å². The van der Waals surface area contributed by atoms with Gasteiger partial charge in [0, 0.05) is 55.5 Å². The van der Waals surface area contributed by atoms with Crippen molar-refractivity contribution in [3.63, 3.8) is 0 Å². The zero-order valence-corrected chi connectivity index (χ0v) is 22.6. The summed E-state index contributed by atoms with van der Waals surface area (Å²) in [5, 5.41) is 11.5. The van der Waals surface area contributed by atoms with Crippen LogP contribution in [0.15, 0.2) is 36.4 Å². The number of carbonyl (C=O) groups is 1. The van der Waals surface area contributed by atoms with E-state index in [1.807, 2.05) is 20.8 Å². The summed E-state index contributed by atoms with van der Waals surface area (Å²) in [7, 11) is 0. The third-order valence-corrected chi connectivity index (χ3v) is 8.11. The van der Waals surface area contributed by atoms with E-state index >= 15 is 0 Å². The molecule has 9 heteroatoms. The van der Waals surface area contributed by atoms with E-state index in [2.05, 4.69) is 4.90 Å². The Hall–Kier alpha value is -2.16. The van der Waals surface area contributed by atoms with Gasteiger partial charge in [0.2, 0.25) is 5.91 Å². The van der Waals surface area contributed by atoms with Gasteiger partial charge in [0.05, 0.1) is 11.5 Å². The van der Waals surface area contributed by atoms with Crippen molar-refractivity contribution in [3.05, 3.63) is 70.8 Å². The van der Waals surface area contributed by atoms with E-state index < -0.39 is 52.5 Å². The van der Waals surface area contributed by atoms with Gasteiger partial charge in [0.15, 0.2) is 0 Å². The van der Waals surface area contributed by atoms with Gasteiger partial charge >= 0.3 is 0 Å². The number of aliphatic hydroxyl groups is 1. The molecule has 37 heavy (non-hydrogen) atoms. The first kappa shape index (κ1) is 29.4. The van der Waals surface area contributed by atoms with Crippen LogP contribution in [0.5, 0.6) is 0 Å². The standard InChI is InChI=1S/C28H34F4N2O2.ClH/c1-16-12-33(13-17(2)28(16,36)25-22(30)7-6-8-23(25)31)26(35)21-15-34(27(3,4)5)14-20(21)19-10-9-18(29)11-24(19)32;/h6-11,16-17,20-21,36H,12-15H2,1-5H3;1H/t16-,17+,20-,21+,28?;/m0./s1. The second-order valence-electron chi connectivity index (χ2n) is 11.4. The first-order valence-corrected chi connectivity index (χ1v) is 12.4. The average Bonchev–Trinajstić information content (AvgIpc) is 3.22. The first-order valence-electron chi connectivity index (χ1n) is 12.4. The van der Waals surface area contributed by atoms with Crippen molar-refractivity contribution >= 4 is 18.3 Å². The smallest absolute Gasteiger partial charge is 0.227 e. The van der Waals surface area contributed by atoms with Gasteiger partial charge in [-0.05, 0) is 44.5 Å². The maximum absolute atomic E-state index is 14.8. The number of hydrogen-bond acceptors (Lipinski definition) is 3. The fourth-order valence-corrected chi connectivity index (χ4v) is 6.01. The van der Waals surface area contributed by atoms with Crippen LogP contribution in [-0.2, 0) is 10.4 Å². The highest BCUT2D eigenvalue weighted by molar-refractivity contribution is 5.85. The van der Waals surface area contributed by atoms with Crippen LogP contribution < -0.4 is 0 Å². The summed E-state index contributed by atoms with van der Waals surface area (Å²) in [6.45, 7) is 10.4. The van der Waals surface area contributed by atoms with Crippen molar-refractivity contribution in [3.8, 4) is 0 Å². The minimum Gasteiger partial charge on any atom is -0.384 e. The molecule has 0 aliphatic carbocycles. The molecule has 1 amide bonds. The largest absolute Gasteiger partial charge is 0.384 e. The van der Waals surface area contributed by atoms with Crippen LogP contribution in [0.25, 0.3) is 0 Å². The number of hydrogen-bond donors (Lipinski definition) is 1. The summed E-state index contributed by atoms with van der Waals surface area (Å²) in [5.74, 6) is -5.58. The normalized spacial score (nSPS) is 28.8. The molecule has 2 aliphatic heterocycles. The fourth-order valence-electron chi connectivity index (χ4n) is 6.01. The Bertz CT molecular complexity index is 1120. The lowest BCUT2D eigenvalue weighted by molar-refractivity contribution is -0.153. The van der Waals surface area contributed by atoms with Gasteiger partial charge in [0.25, 0.3) is 0 Å². The Morgan fingerprint density at radius 2 is 1.49 bits per heavy atom. The highest BCUT2D eigenvalue weighted by Crippen LogP contribution is 2.45. The third kappa shape index (κ3) is 5.25. The van der Waals surface area contributed by atoms with Gasteiger partial charge in [0.1, 0.15) is 28.9 Å². The predicted molar refractivity (Wildman–Crippen MR) is 136 cm³/mol. The summed E-state index contributed by atoms with van der Waals surface area (Å²) >= 11 is 0. The molecule has 0 saturated carbocycles. The second kappa shape index (κ2) is 10.5. The molecule has 0 spiro atoms. The molecule has 2 saturated heterocycles. The van der Waals surface area contributed by atoms with E-state index in [-0.39, 0.29) is 42.5 Å². The number of amides is 1. The van der Waals surface area contributed by atoms with Gasteiger partial charge in [-0.3, -0.25) is 9.69 Å². The molecule has 5 atom stereocenters. The predicted octanol–water partition coefficient (Wildman–Crippen LogP) is 5.48. The zero-order chi connectivity index (χ0) is 26.6. The Labute approximate surface area is 222 Å². The molecule has 204 valence electrons. The summed E-state index contributed by atoms with van der Waals surface area (Å²) in [6, 6.07) is 6.94. The Kier molecular flexibility index (Phi) is 8.38. The quantitative estimate of drug-likeness (QED) is 0.522. The lowest BCUT2D eigenvalue weighted by Crippen LogP contribution is -2.57. The van der Waals surface area contributed by atoms with Crippen LogP contribution in [0.2, 0.25) is 0 Å². The fraction of sp³-hybridized carbons (Fsp3) is 0.536. The highest BCUT2D eigenvalue weighted by atomic mass is 35.5. The molecule has 4 nitrogen and oxygen atoms in total. The van der Waals surface area contributed by atoms with Crippen molar-refractivity contribution in [2.45, 2.75) is 51.7 Å². The number of rotatable bonds is 3. The van der Waals surface area contributed by atoms with Crippen LogP contribution in [-0.4, -0.2) is 52.5 Å². The molecule has 2 aromatic carbocycles. The molecule has 2 aliphatic rings. The van der Waals surface area contributed by atoms with Gasteiger partial charge in [-0.15, -0.1) is 12.4 Å². The molecule has 0 aromatic heterocycles. The molecule has 2 fully saturated rings. The van der Waals surface area contributed by atoms with Crippen molar-refractivity contribution in [2.75, 3.05) is 26.2 Å². The van der Waals surface area contributed by atoms with Crippen LogP contribution in [0, 0.1) is 41.0 Å². The summed E-state index contributed by atoms with van der Waals surface area (Å²) in [6.07, 6.45) is 0. The lowest BCUT2D eigenvalue weighted by atomic mass is 9.70. The Balaban J connectivity index is 0.00000380. The highest BCUT2D eigenvalue weighted by Gasteiger charge is 2.52. The summed E-state index contributed by atoms with van der Waals surface area (Å²) in [4.78, 5) is 17.6. The maximum atomic E-state index is 14.8. The monoisotopic (exact) mass is 542 g/mol. The van der Waals surface area contributed by atoms with Gasteiger partial charge in [-0.25, -0.2) is 17.6 Å². The minimum absolute atomic E-state index is 0. The van der Waals surface area contributed by atoms with Crippen molar-refractivity contribution in [1.82, 2.24) is 9.80 Å². The molecule has 0 bridgehead atoms. The SMILES string of the molecule is C[C@@H]1CN(C(=O)[C@@H]2CN(C(C)(C)C)C[C@H]2c2ccc(F)cc2F)C[C@H](C)C1(O)c1c(F)cccc1F.Cl. The van der Waals surface area contributed by atoms with Crippen LogP contribution >= 0.6 is 12.4 Å². The number of piperidine rings is 1. The Morgan fingerprint density at radius 1 is 0.919 bits per heavy atom. The van der Waals surface area contributed by atoms with E-state index in [1.165, 1.54) is 18.2 Å².